The fourth-order valence-electron chi connectivity index (χ4n) is 3.67. The minimum absolute atomic E-state index is 0.0111. The van der Waals surface area contributed by atoms with E-state index in [0.717, 1.165) is 31.1 Å². The van der Waals surface area contributed by atoms with Crippen molar-refractivity contribution < 1.29 is 17.6 Å². The van der Waals surface area contributed by atoms with Gasteiger partial charge in [-0.05, 0) is 38.1 Å². The molecule has 1 unspecified atom stereocenters. The quantitative estimate of drug-likeness (QED) is 0.691. The molecule has 0 radical (unpaired) electrons. The molecular weight excluding hydrogens is 322 g/mol. The lowest BCUT2D eigenvalue weighted by Crippen LogP contribution is -2.39. The van der Waals surface area contributed by atoms with Crippen LogP contribution in [-0.2, 0) is 6.54 Å². The van der Waals surface area contributed by atoms with Gasteiger partial charge in [0.2, 0.25) is 0 Å². The van der Waals surface area contributed by atoms with Gasteiger partial charge in [0.25, 0.3) is 0 Å². The van der Waals surface area contributed by atoms with E-state index in [2.05, 4.69) is 9.55 Å². The number of likely N-dealkylation sites (tertiary alicyclic amines) is 1. The molecule has 3 rings (SSSR count). The van der Waals surface area contributed by atoms with Crippen LogP contribution in [0.2, 0.25) is 0 Å². The average Bonchev–Trinajstić information content (AvgIpc) is 2.97. The summed E-state index contributed by atoms with van der Waals surface area (Å²) in [5.41, 5.74) is 0. The van der Waals surface area contributed by atoms with Crippen molar-refractivity contribution in [1.82, 2.24) is 14.5 Å². The van der Waals surface area contributed by atoms with Crippen LogP contribution in [0.1, 0.15) is 50.3 Å². The fourth-order valence-corrected chi connectivity index (χ4v) is 3.67. The van der Waals surface area contributed by atoms with Crippen molar-refractivity contribution in [2.45, 2.75) is 63.3 Å². The summed E-state index contributed by atoms with van der Waals surface area (Å²) in [5.74, 6) is -1.95. The zero-order valence-corrected chi connectivity index (χ0v) is 13.8. The van der Waals surface area contributed by atoms with Crippen molar-refractivity contribution in [2.75, 3.05) is 19.6 Å². The van der Waals surface area contributed by atoms with Gasteiger partial charge in [-0.3, -0.25) is 0 Å². The largest absolute Gasteiger partial charge is 0.334 e. The highest BCUT2D eigenvalue weighted by molar-refractivity contribution is 5.04. The number of halogens is 4. The van der Waals surface area contributed by atoms with Gasteiger partial charge in [-0.2, -0.15) is 0 Å². The third-order valence-electron chi connectivity index (χ3n) is 5.38. The van der Waals surface area contributed by atoms with Crippen LogP contribution in [0, 0.1) is 5.92 Å². The van der Waals surface area contributed by atoms with Gasteiger partial charge in [-0.15, -0.1) is 0 Å². The molecule has 2 aliphatic rings. The van der Waals surface area contributed by atoms with Crippen molar-refractivity contribution in [3.63, 3.8) is 0 Å². The minimum Gasteiger partial charge on any atom is -0.334 e. The Bertz CT molecular complexity index is 528. The maximum absolute atomic E-state index is 13.1. The van der Waals surface area contributed by atoms with Crippen LogP contribution in [0.25, 0.3) is 0 Å². The lowest BCUT2D eigenvalue weighted by molar-refractivity contribution is -0.136. The first-order valence-electron chi connectivity index (χ1n) is 8.85. The first-order chi connectivity index (χ1) is 11.5. The number of piperidine rings is 1. The van der Waals surface area contributed by atoms with Gasteiger partial charge in [-0.1, -0.05) is 6.42 Å². The molecule has 0 bridgehead atoms. The molecule has 2 fully saturated rings. The summed E-state index contributed by atoms with van der Waals surface area (Å²) in [5, 5.41) is 0. The third-order valence-corrected chi connectivity index (χ3v) is 5.38. The van der Waals surface area contributed by atoms with Gasteiger partial charge in [-0.25, -0.2) is 22.5 Å². The molecule has 7 heteroatoms. The summed E-state index contributed by atoms with van der Waals surface area (Å²) in [6.45, 7) is 2.31. The fraction of sp³-hybridized carbons (Fsp3) is 0.824. The second-order valence-corrected chi connectivity index (χ2v) is 7.19. The Morgan fingerprint density at radius 2 is 2.00 bits per heavy atom. The molecule has 1 saturated heterocycles. The Balaban J connectivity index is 1.56. The van der Waals surface area contributed by atoms with Crippen LogP contribution in [0.4, 0.5) is 17.6 Å². The maximum Gasteiger partial charge on any atom is 0.308 e. The van der Waals surface area contributed by atoms with Crippen LogP contribution in [-0.4, -0.2) is 46.4 Å². The topological polar surface area (TPSA) is 21.1 Å². The van der Waals surface area contributed by atoms with Crippen LogP contribution >= 0.6 is 0 Å². The SMILES string of the molecule is FC(F)C(F)(F)CCN1CCCC(c2nccn2CC2CCC2)C1. The van der Waals surface area contributed by atoms with E-state index in [-0.39, 0.29) is 12.5 Å². The molecule has 3 nitrogen and oxygen atoms in total. The van der Waals surface area contributed by atoms with E-state index < -0.39 is 18.8 Å². The molecule has 136 valence electrons. The predicted molar refractivity (Wildman–Crippen MR) is 83.6 cm³/mol. The second kappa shape index (κ2) is 7.42. The molecule has 1 aromatic heterocycles. The van der Waals surface area contributed by atoms with E-state index in [1.54, 1.807) is 6.20 Å². The van der Waals surface area contributed by atoms with E-state index in [4.69, 9.17) is 0 Å². The summed E-state index contributed by atoms with van der Waals surface area (Å²) in [7, 11) is 0. The zero-order valence-electron chi connectivity index (χ0n) is 13.8. The van der Waals surface area contributed by atoms with E-state index in [9.17, 15) is 17.6 Å². The molecule has 0 amide bonds. The summed E-state index contributed by atoms with van der Waals surface area (Å²) < 4.78 is 53.1. The molecule has 1 aliphatic carbocycles. The highest BCUT2D eigenvalue weighted by Gasteiger charge is 2.40. The van der Waals surface area contributed by atoms with Crippen molar-refractivity contribution in [2.24, 2.45) is 5.92 Å². The summed E-state index contributed by atoms with van der Waals surface area (Å²) in [4.78, 5) is 6.37. The average molecular weight is 347 g/mol. The lowest BCUT2D eigenvalue weighted by atomic mass is 9.85. The molecule has 1 atom stereocenters. The number of alkyl halides is 4. The van der Waals surface area contributed by atoms with E-state index >= 15 is 0 Å². The molecule has 1 saturated carbocycles. The van der Waals surface area contributed by atoms with E-state index in [1.165, 1.54) is 19.3 Å². The molecule has 1 aliphatic heterocycles. The Morgan fingerprint density at radius 3 is 2.67 bits per heavy atom. The van der Waals surface area contributed by atoms with Crippen LogP contribution in [0.15, 0.2) is 12.4 Å². The van der Waals surface area contributed by atoms with Crippen molar-refractivity contribution in [3.05, 3.63) is 18.2 Å². The second-order valence-electron chi connectivity index (χ2n) is 7.19. The Kier molecular flexibility index (Phi) is 5.47. The van der Waals surface area contributed by atoms with Gasteiger partial charge < -0.3 is 9.47 Å². The number of aromatic nitrogens is 2. The summed E-state index contributed by atoms with van der Waals surface area (Å²) >= 11 is 0. The first kappa shape index (κ1) is 17.7. The Labute approximate surface area is 140 Å². The highest BCUT2D eigenvalue weighted by atomic mass is 19.3. The number of rotatable bonds is 7. The maximum atomic E-state index is 13.1. The number of hydrogen-bond donors (Lipinski definition) is 0. The number of nitrogens with zero attached hydrogens (tertiary/aromatic N) is 3. The van der Waals surface area contributed by atoms with Crippen LogP contribution < -0.4 is 0 Å². The molecule has 0 spiro atoms. The van der Waals surface area contributed by atoms with Gasteiger partial charge in [0, 0.05) is 44.4 Å². The Morgan fingerprint density at radius 1 is 1.21 bits per heavy atom. The van der Waals surface area contributed by atoms with E-state index in [0.29, 0.717) is 13.1 Å². The monoisotopic (exact) mass is 347 g/mol. The molecule has 24 heavy (non-hydrogen) atoms. The Hall–Kier alpha value is -1.11. The van der Waals surface area contributed by atoms with E-state index in [1.807, 2.05) is 11.1 Å². The van der Waals surface area contributed by atoms with Crippen molar-refractivity contribution >= 4 is 0 Å². The van der Waals surface area contributed by atoms with Gasteiger partial charge in [0.05, 0.1) is 0 Å². The number of hydrogen-bond acceptors (Lipinski definition) is 2. The normalized spacial score (nSPS) is 23.6. The van der Waals surface area contributed by atoms with Gasteiger partial charge >= 0.3 is 12.3 Å². The van der Waals surface area contributed by atoms with Crippen molar-refractivity contribution in [1.29, 1.82) is 0 Å². The predicted octanol–water partition coefficient (Wildman–Crippen LogP) is 4.15. The first-order valence-corrected chi connectivity index (χ1v) is 8.85. The highest BCUT2D eigenvalue weighted by Crippen LogP contribution is 2.32. The van der Waals surface area contributed by atoms with Gasteiger partial charge in [0.15, 0.2) is 0 Å². The summed E-state index contributed by atoms with van der Waals surface area (Å²) in [6.07, 6.45) is 5.12. The summed E-state index contributed by atoms with van der Waals surface area (Å²) in [6, 6.07) is 0. The van der Waals surface area contributed by atoms with Gasteiger partial charge in [0.1, 0.15) is 5.82 Å². The standard InChI is InChI=1S/C17H25F4N3/c18-16(19)17(20,21)6-9-23-8-2-5-14(12-23)15-22-7-10-24(15)11-13-3-1-4-13/h7,10,13-14,16H,1-6,8-9,11-12H2. The van der Waals surface area contributed by atoms with Crippen LogP contribution in [0.3, 0.4) is 0 Å². The number of imidazole rings is 1. The molecule has 2 heterocycles. The molecular formula is C17H25F4N3. The molecule has 1 aromatic rings. The van der Waals surface area contributed by atoms with Crippen LogP contribution in [0.5, 0.6) is 0 Å². The minimum atomic E-state index is -3.89. The molecule has 0 aromatic carbocycles. The smallest absolute Gasteiger partial charge is 0.308 e. The third kappa shape index (κ3) is 4.10. The lowest BCUT2D eigenvalue weighted by Gasteiger charge is -2.34. The van der Waals surface area contributed by atoms with Crippen molar-refractivity contribution in [3.8, 4) is 0 Å². The zero-order chi connectivity index (χ0) is 17.2. The molecule has 0 N–H and O–H groups in total.